The number of rotatable bonds is 7. The van der Waals surface area contributed by atoms with Crippen LogP contribution in [0, 0.1) is 5.82 Å². The Morgan fingerprint density at radius 3 is 2.67 bits per heavy atom. The van der Waals surface area contributed by atoms with E-state index in [1.165, 1.54) is 18.6 Å². The normalized spacial score (nSPS) is 22.5. The molecule has 0 radical (unpaired) electrons. The maximum absolute atomic E-state index is 13.2. The molecule has 3 unspecified atom stereocenters. The summed E-state index contributed by atoms with van der Waals surface area (Å²) >= 11 is 0. The number of hydrogen-bond donors (Lipinski definition) is 2. The molecule has 2 bridgehead atoms. The van der Waals surface area contributed by atoms with Gasteiger partial charge < -0.3 is 20.1 Å². The lowest BCUT2D eigenvalue weighted by Gasteiger charge is -2.22. The van der Waals surface area contributed by atoms with E-state index < -0.39 is 0 Å². The van der Waals surface area contributed by atoms with Gasteiger partial charge in [-0.25, -0.2) is 9.38 Å². The van der Waals surface area contributed by atoms with Crippen molar-refractivity contribution in [2.45, 2.75) is 57.6 Å². The maximum atomic E-state index is 13.2. The van der Waals surface area contributed by atoms with Crippen LogP contribution in [0.15, 0.2) is 53.5 Å². The molecule has 2 aromatic rings. The summed E-state index contributed by atoms with van der Waals surface area (Å²) in [5.74, 6) is 1.34. The Balaban J connectivity index is 0.00000256. The van der Waals surface area contributed by atoms with E-state index in [1.54, 1.807) is 6.07 Å². The molecule has 2 heterocycles. The number of nitrogens with zero attached hydrogens (tertiary/aromatic N) is 1. The Labute approximate surface area is 194 Å². The van der Waals surface area contributed by atoms with Gasteiger partial charge in [0.1, 0.15) is 18.2 Å². The second-order valence-corrected chi connectivity index (χ2v) is 7.62. The lowest BCUT2D eigenvalue weighted by molar-refractivity contribution is 0.0992. The molecule has 5 nitrogen and oxygen atoms in total. The number of halogens is 2. The van der Waals surface area contributed by atoms with Crippen LogP contribution in [0.2, 0.25) is 0 Å². The van der Waals surface area contributed by atoms with E-state index in [2.05, 4.69) is 17.6 Å². The summed E-state index contributed by atoms with van der Waals surface area (Å²) in [6.07, 6.45) is 4.12. The van der Waals surface area contributed by atoms with Crippen molar-refractivity contribution in [2.75, 3.05) is 6.54 Å². The van der Waals surface area contributed by atoms with E-state index in [9.17, 15) is 4.39 Å². The third-order valence-electron chi connectivity index (χ3n) is 5.41. The van der Waals surface area contributed by atoms with E-state index >= 15 is 0 Å². The van der Waals surface area contributed by atoms with Crippen LogP contribution in [0.4, 0.5) is 4.39 Å². The predicted octanol–water partition coefficient (Wildman–Crippen LogP) is 4.40. The van der Waals surface area contributed by atoms with Crippen molar-refractivity contribution >= 4 is 29.9 Å². The Kier molecular flexibility index (Phi) is 8.32. The molecule has 7 heteroatoms. The van der Waals surface area contributed by atoms with Gasteiger partial charge in [-0.05, 0) is 61.6 Å². The number of aliphatic imine (C=N–C) groups is 1. The lowest BCUT2D eigenvalue weighted by Crippen LogP contribution is -2.47. The Hall–Kier alpha value is -1.87. The first-order valence-electron chi connectivity index (χ1n) is 10.4. The second-order valence-electron chi connectivity index (χ2n) is 7.62. The van der Waals surface area contributed by atoms with Crippen molar-refractivity contribution in [2.24, 2.45) is 4.99 Å². The summed E-state index contributed by atoms with van der Waals surface area (Å²) in [5, 5.41) is 6.85. The molecule has 0 amide bonds. The first-order chi connectivity index (χ1) is 14.2. The maximum Gasteiger partial charge on any atom is 0.191 e. The van der Waals surface area contributed by atoms with Crippen LogP contribution in [0.25, 0.3) is 0 Å². The minimum Gasteiger partial charge on any atom is -0.489 e. The highest BCUT2D eigenvalue weighted by Crippen LogP contribution is 2.34. The van der Waals surface area contributed by atoms with Crippen molar-refractivity contribution in [3.63, 3.8) is 0 Å². The Morgan fingerprint density at radius 2 is 2.00 bits per heavy atom. The van der Waals surface area contributed by atoms with Gasteiger partial charge in [0.2, 0.25) is 0 Å². The molecule has 0 saturated carbocycles. The molecular weight excluding hydrogens is 496 g/mol. The van der Waals surface area contributed by atoms with Gasteiger partial charge in [-0.15, -0.1) is 24.0 Å². The van der Waals surface area contributed by atoms with E-state index in [0.717, 1.165) is 42.2 Å². The first-order valence-corrected chi connectivity index (χ1v) is 10.4. The zero-order valence-corrected chi connectivity index (χ0v) is 19.5. The van der Waals surface area contributed by atoms with Gasteiger partial charge in [-0.3, -0.25) is 0 Å². The Bertz CT molecular complexity index is 847. The zero-order chi connectivity index (χ0) is 20.1. The van der Waals surface area contributed by atoms with Crippen LogP contribution in [0.3, 0.4) is 0 Å². The van der Waals surface area contributed by atoms with Crippen LogP contribution in [-0.2, 0) is 17.9 Å². The number of nitrogens with one attached hydrogen (secondary N) is 2. The molecule has 2 aliphatic heterocycles. The number of fused-ring (bicyclic) bond motifs is 2. The summed E-state index contributed by atoms with van der Waals surface area (Å²) in [6.45, 7) is 3.82. The number of benzene rings is 2. The highest BCUT2D eigenvalue weighted by atomic mass is 127. The molecule has 2 saturated heterocycles. The third kappa shape index (κ3) is 6.07. The van der Waals surface area contributed by atoms with Gasteiger partial charge in [0.25, 0.3) is 0 Å². The van der Waals surface area contributed by atoms with E-state index in [4.69, 9.17) is 14.5 Å². The smallest absolute Gasteiger partial charge is 0.191 e. The van der Waals surface area contributed by atoms with Crippen LogP contribution in [0.5, 0.6) is 5.75 Å². The average molecular weight is 525 g/mol. The molecule has 4 rings (SSSR count). The molecule has 0 spiro atoms. The average Bonchev–Trinajstić information content (AvgIpc) is 3.35. The van der Waals surface area contributed by atoms with Crippen LogP contribution < -0.4 is 15.4 Å². The van der Waals surface area contributed by atoms with Gasteiger partial charge in [-0.1, -0.05) is 24.3 Å². The minimum atomic E-state index is -0.249. The van der Waals surface area contributed by atoms with E-state index in [-0.39, 0.29) is 29.8 Å². The predicted molar refractivity (Wildman–Crippen MR) is 127 cm³/mol. The van der Waals surface area contributed by atoms with Crippen LogP contribution in [0.1, 0.15) is 37.3 Å². The largest absolute Gasteiger partial charge is 0.489 e. The zero-order valence-electron chi connectivity index (χ0n) is 17.1. The number of ether oxygens (including phenoxy) is 2. The summed E-state index contributed by atoms with van der Waals surface area (Å²) in [7, 11) is 0. The van der Waals surface area contributed by atoms with Crippen molar-refractivity contribution in [1.82, 2.24) is 10.6 Å². The SMILES string of the molecule is CCNC(=NCc1ccc(OCc2cccc(F)c2)cc1)NC1CC2CCC1O2.I. The van der Waals surface area contributed by atoms with Gasteiger partial charge in [-0.2, -0.15) is 0 Å². The quantitative estimate of drug-likeness (QED) is 0.320. The fourth-order valence-electron chi connectivity index (χ4n) is 3.94. The molecular formula is C23H29FIN3O2. The van der Waals surface area contributed by atoms with Crippen molar-refractivity contribution in [1.29, 1.82) is 0 Å². The first kappa shape index (κ1) is 22.8. The number of hydrogen-bond acceptors (Lipinski definition) is 3. The topological polar surface area (TPSA) is 54.9 Å². The van der Waals surface area contributed by atoms with Crippen molar-refractivity contribution in [3.05, 3.63) is 65.5 Å². The van der Waals surface area contributed by atoms with Crippen molar-refractivity contribution in [3.8, 4) is 5.75 Å². The summed E-state index contributed by atoms with van der Waals surface area (Å²) in [6, 6.07) is 14.7. The summed E-state index contributed by atoms with van der Waals surface area (Å²) in [4.78, 5) is 4.72. The van der Waals surface area contributed by atoms with Crippen molar-refractivity contribution < 1.29 is 13.9 Å². The standard InChI is InChI=1S/C23H28FN3O2.HI/c1-2-25-23(27-21-13-20-10-11-22(21)29-20)26-14-16-6-8-19(9-7-16)28-15-17-4-3-5-18(24)12-17;/h3-9,12,20-22H,2,10-11,13-15H2,1H3,(H2,25,26,27);1H. The fraction of sp³-hybridized carbons (Fsp3) is 0.435. The molecule has 2 aromatic carbocycles. The highest BCUT2D eigenvalue weighted by Gasteiger charge is 2.41. The minimum absolute atomic E-state index is 0. The summed E-state index contributed by atoms with van der Waals surface area (Å²) < 4.78 is 24.9. The van der Waals surface area contributed by atoms with E-state index in [1.807, 2.05) is 30.3 Å². The molecule has 2 N–H and O–H groups in total. The summed E-state index contributed by atoms with van der Waals surface area (Å²) in [5.41, 5.74) is 1.91. The molecule has 3 atom stereocenters. The molecule has 2 aliphatic rings. The molecule has 162 valence electrons. The Morgan fingerprint density at radius 1 is 1.17 bits per heavy atom. The number of guanidine groups is 1. The third-order valence-corrected chi connectivity index (χ3v) is 5.41. The lowest BCUT2D eigenvalue weighted by atomic mass is 9.96. The second kappa shape index (κ2) is 10.9. The van der Waals surface area contributed by atoms with Crippen LogP contribution in [-0.4, -0.2) is 30.8 Å². The van der Waals surface area contributed by atoms with Gasteiger partial charge in [0.05, 0.1) is 24.8 Å². The van der Waals surface area contributed by atoms with E-state index in [0.29, 0.717) is 31.4 Å². The molecule has 0 aliphatic carbocycles. The van der Waals surface area contributed by atoms with Gasteiger partial charge in [0.15, 0.2) is 5.96 Å². The van der Waals surface area contributed by atoms with Gasteiger partial charge >= 0.3 is 0 Å². The molecule has 2 fully saturated rings. The molecule has 0 aromatic heterocycles. The van der Waals surface area contributed by atoms with Gasteiger partial charge in [0, 0.05) is 6.54 Å². The van der Waals surface area contributed by atoms with Crippen LogP contribution >= 0.6 is 24.0 Å². The fourth-order valence-corrected chi connectivity index (χ4v) is 3.94. The highest BCUT2D eigenvalue weighted by molar-refractivity contribution is 14.0. The molecule has 30 heavy (non-hydrogen) atoms. The monoisotopic (exact) mass is 525 g/mol.